The van der Waals surface area contributed by atoms with E-state index in [0.717, 1.165) is 5.56 Å². The first kappa shape index (κ1) is 18.5. The molecule has 0 bridgehead atoms. The molecule has 0 aliphatic carbocycles. The molecule has 5 heteroatoms. The summed E-state index contributed by atoms with van der Waals surface area (Å²) in [6, 6.07) is 13.3. The number of hydrogen-bond acceptors (Lipinski definition) is 3. The van der Waals surface area contributed by atoms with Gasteiger partial charge < -0.3 is 9.88 Å². The maximum absolute atomic E-state index is 12.5. The van der Waals surface area contributed by atoms with E-state index < -0.39 is 5.56 Å². The van der Waals surface area contributed by atoms with Gasteiger partial charge in [0.25, 0.3) is 5.56 Å². The van der Waals surface area contributed by atoms with Gasteiger partial charge in [-0.05, 0) is 37.0 Å². The van der Waals surface area contributed by atoms with Crippen LogP contribution >= 0.6 is 0 Å². The van der Waals surface area contributed by atoms with Crippen LogP contribution in [0.2, 0.25) is 0 Å². The fraction of sp³-hybridized carbons (Fsp3) is 0.350. The monoisotopic (exact) mass is 337 g/mol. The molecule has 0 saturated heterocycles. The molecule has 5 nitrogen and oxygen atoms in total. The minimum atomic E-state index is -0.420. The zero-order chi connectivity index (χ0) is 18.6. The van der Waals surface area contributed by atoms with Crippen molar-refractivity contribution in [3.63, 3.8) is 0 Å². The Labute approximate surface area is 147 Å². The Balaban J connectivity index is 2.26. The number of pyridine rings is 1. The van der Waals surface area contributed by atoms with E-state index in [1.165, 1.54) is 4.57 Å². The molecule has 0 radical (unpaired) electrons. The zero-order valence-electron chi connectivity index (χ0n) is 15.0. The maximum Gasteiger partial charge on any atom is 0.269 e. The van der Waals surface area contributed by atoms with Gasteiger partial charge in [0.05, 0.1) is 6.04 Å². The lowest BCUT2D eigenvalue weighted by atomic mass is 9.96. The van der Waals surface area contributed by atoms with Crippen LogP contribution in [0.25, 0.3) is 0 Å². The van der Waals surface area contributed by atoms with Crippen molar-refractivity contribution in [2.45, 2.75) is 40.3 Å². The molecule has 1 atom stereocenters. The normalized spacial score (nSPS) is 11.8. The summed E-state index contributed by atoms with van der Waals surface area (Å²) in [5.41, 5.74) is 1.98. The topological polar surface area (TPSA) is 74.9 Å². The first-order chi connectivity index (χ1) is 11.8. The van der Waals surface area contributed by atoms with Crippen LogP contribution < -0.4 is 10.9 Å². The molecule has 1 amide bonds. The second-order valence-corrected chi connectivity index (χ2v) is 6.55. The van der Waals surface area contributed by atoms with E-state index in [9.17, 15) is 9.59 Å². The Morgan fingerprint density at radius 2 is 1.88 bits per heavy atom. The summed E-state index contributed by atoms with van der Waals surface area (Å²) < 4.78 is 1.35. The number of aromatic nitrogens is 1. The van der Waals surface area contributed by atoms with Gasteiger partial charge >= 0.3 is 0 Å². The molecule has 0 saturated carbocycles. The third-order valence-electron chi connectivity index (χ3n) is 4.26. The number of carbonyl (C=O) groups excluding carboxylic acids is 1. The van der Waals surface area contributed by atoms with E-state index in [-0.39, 0.29) is 30.0 Å². The first-order valence-corrected chi connectivity index (χ1v) is 8.30. The minimum absolute atomic E-state index is 0.0851. The van der Waals surface area contributed by atoms with Gasteiger partial charge in [0.1, 0.15) is 18.2 Å². The van der Waals surface area contributed by atoms with Crippen molar-refractivity contribution in [2.24, 2.45) is 5.92 Å². The summed E-state index contributed by atoms with van der Waals surface area (Å²) >= 11 is 0. The SMILES string of the molecule is Cc1cc(C)n(CC(=O)N[C@@H](c2ccccc2)C(C)C)c(=O)c1C#N. The van der Waals surface area contributed by atoms with Crippen LogP contribution in [0.5, 0.6) is 0 Å². The van der Waals surface area contributed by atoms with Crippen molar-refractivity contribution in [3.05, 3.63) is 69.1 Å². The number of aryl methyl sites for hydroxylation is 2. The van der Waals surface area contributed by atoms with Gasteiger partial charge in [0, 0.05) is 5.69 Å². The quantitative estimate of drug-likeness (QED) is 0.911. The number of amides is 1. The summed E-state index contributed by atoms with van der Waals surface area (Å²) in [7, 11) is 0. The number of nitriles is 1. The predicted molar refractivity (Wildman–Crippen MR) is 97.1 cm³/mol. The van der Waals surface area contributed by atoms with Gasteiger partial charge in [0.15, 0.2) is 0 Å². The van der Waals surface area contributed by atoms with E-state index in [1.807, 2.05) is 50.2 Å². The smallest absolute Gasteiger partial charge is 0.269 e. The molecule has 2 rings (SSSR count). The molecule has 2 aromatic rings. The predicted octanol–water partition coefficient (Wildman–Crippen LogP) is 2.85. The van der Waals surface area contributed by atoms with Crippen LogP contribution in [0, 0.1) is 31.1 Å². The Morgan fingerprint density at radius 1 is 1.24 bits per heavy atom. The van der Waals surface area contributed by atoms with Crippen LogP contribution in [0.15, 0.2) is 41.2 Å². The van der Waals surface area contributed by atoms with Crippen LogP contribution in [-0.4, -0.2) is 10.5 Å². The summed E-state index contributed by atoms with van der Waals surface area (Å²) in [4.78, 5) is 25.0. The number of hydrogen-bond donors (Lipinski definition) is 1. The molecule has 1 N–H and O–H groups in total. The average molecular weight is 337 g/mol. The molecule has 0 unspecified atom stereocenters. The van der Waals surface area contributed by atoms with Gasteiger partial charge in [-0.15, -0.1) is 0 Å². The fourth-order valence-corrected chi connectivity index (χ4v) is 2.92. The molecule has 0 spiro atoms. The highest BCUT2D eigenvalue weighted by Gasteiger charge is 2.19. The van der Waals surface area contributed by atoms with Crippen molar-refractivity contribution in [1.82, 2.24) is 9.88 Å². The van der Waals surface area contributed by atoms with Crippen LogP contribution in [0.3, 0.4) is 0 Å². The van der Waals surface area contributed by atoms with E-state index in [0.29, 0.717) is 11.3 Å². The second kappa shape index (κ2) is 7.80. The summed E-state index contributed by atoms with van der Waals surface area (Å²) in [6.07, 6.45) is 0. The highest BCUT2D eigenvalue weighted by atomic mass is 16.2. The van der Waals surface area contributed by atoms with Gasteiger partial charge in [-0.1, -0.05) is 44.2 Å². The molecule has 130 valence electrons. The van der Waals surface area contributed by atoms with E-state index in [4.69, 9.17) is 5.26 Å². The number of rotatable bonds is 5. The van der Waals surface area contributed by atoms with Gasteiger partial charge in [0.2, 0.25) is 5.91 Å². The first-order valence-electron chi connectivity index (χ1n) is 8.30. The largest absolute Gasteiger partial charge is 0.347 e. The summed E-state index contributed by atoms with van der Waals surface area (Å²) in [6.45, 7) is 7.46. The standard InChI is InChI=1S/C20H23N3O2/c1-13(2)19(16-8-6-5-7-9-16)22-18(24)12-23-15(4)10-14(3)17(11-21)20(23)25/h5-10,13,19H,12H2,1-4H3,(H,22,24)/t19-/m1/s1. The Morgan fingerprint density at radius 3 is 2.44 bits per heavy atom. The second-order valence-electron chi connectivity index (χ2n) is 6.55. The molecule has 0 aliphatic heterocycles. The van der Waals surface area contributed by atoms with Crippen molar-refractivity contribution >= 4 is 5.91 Å². The fourth-order valence-electron chi connectivity index (χ4n) is 2.92. The van der Waals surface area contributed by atoms with Crippen molar-refractivity contribution in [2.75, 3.05) is 0 Å². The molecular weight excluding hydrogens is 314 g/mol. The van der Waals surface area contributed by atoms with E-state index in [1.54, 1.807) is 19.9 Å². The third-order valence-corrected chi connectivity index (χ3v) is 4.26. The Bertz CT molecular complexity index is 861. The van der Waals surface area contributed by atoms with Gasteiger partial charge in [-0.25, -0.2) is 0 Å². The maximum atomic E-state index is 12.5. The molecule has 0 aliphatic rings. The summed E-state index contributed by atoms with van der Waals surface area (Å²) in [5, 5.41) is 12.2. The molecular formula is C20H23N3O2. The average Bonchev–Trinajstić information content (AvgIpc) is 2.57. The van der Waals surface area contributed by atoms with Crippen LogP contribution in [0.1, 0.15) is 42.3 Å². The number of benzene rings is 1. The highest BCUT2D eigenvalue weighted by Crippen LogP contribution is 2.21. The van der Waals surface area contributed by atoms with E-state index >= 15 is 0 Å². The minimum Gasteiger partial charge on any atom is -0.347 e. The molecule has 1 heterocycles. The number of carbonyl (C=O) groups is 1. The Hall–Kier alpha value is -2.87. The third kappa shape index (κ3) is 4.16. The van der Waals surface area contributed by atoms with Gasteiger partial charge in [-0.2, -0.15) is 5.26 Å². The van der Waals surface area contributed by atoms with Crippen LogP contribution in [0.4, 0.5) is 0 Å². The lowest BCUT2D eigenvalue weighted by Crippen LogP contribution is -2.38. The summed E-state index contributed by atoms with van der Waals surface area (Å²) in [5.74, 6) is -0.0441. The molecule has 25 heavy (non-hydrogen) atoms. The molecule has 1 aromatic heterocycles. The van der Waals surface area contributed by atoms with E-state index in [2.05, 4.69) is 5.32 Å². The highest BCUT2D eigenvalue weighted by molar-refractivity contribution is 5.76. The molecule has 1 aromatic carbocycles. The number of nitrogens with one attached hydrogen (secondary N) is 1. The van der Waals surface area contributed by atoms with Crippen LogP contribution in [-0.2, 0) is 11.3 Å². The Kier molecular flexibility index (Phi) is 5.76. The molecule has 0 fully saturated rings. The van der Waals surface area contributed by atoms with Crippen molar-refractivity contribution in [3.8, 4) is 6.07 Å². The lowest BCUT2D eigenvalue weighted by molar-refractivity contribution is -0.122. The number of nitrogens with zero attached hydrogens (tertiary/aromatic N) is 2. The zero-order valence-corrected chi connectivity index (χ0v) is 15.0. The van der Waals surface area contributed by atoms with Crippen molar-refractivity contribution in [1.29, 1.82) is 5.26 Å². The lowest BCUT2D eigenvalue weighted by Gasteiger charge is -2.23. The van der Waals surface area contributed by atoms with Gasteiger partial charge in [-0.3, -0.25) is 9.59 Å². The van der Waals surface area contributed by atoms with Crippen molar-refractivity contribution < 1.29 is 4.79 Å².